The first kappa shape index (κ1) is 25.8. The summed E-state index contributed by atoms with van der Waals surface area (Å²) < 4.78 is 0. The van der Waals surface area contributed by atoms with E-state index >= 15 is 0 Å². The summed E-state index contributed by atoms with van der Waals surface area (Å²) in [5, 5.41) is 27.2. The Morgan fingerprint density at radius 3 is 2.18 bits per heavy atom. The van der Waals surface area contributed by atoms with Gasteiger partial charge in [0, 0.05) is 23.5 Å². The Kier molecular flexibility index (Phi) is 8.94. The Morgan fingerprint density at radius 2 is 1.61 bits per heavy atom. The van der Waals surface area contributed by atoms with Crippen LogP contribution in [-0.4, -0.2) is 69.7 Å². The molecule has 2 rings (SSSR count). The molecular formula is C22H31N5O6. The molecule has 1 aromatic heterocycles. The van der Waals surface area contributed by atoms with E-state index in [0.29, 0.717) is 0 Å². The zero-order chi connectivity index (χ0) is 24.7. The van der Waals surface area contributed by atoms with Gasteiger partial charge in [-0.2, -0.15) is 0 Å². The van der Waals surface area contributed by atoms with Crippen LogP contribution < -0.4 is 21.7 Å². The van der Waals surface area contributed by atoms with Crippen molar-refractivity contribution in [3.8, 4) is 0 Å². The molecule has 1 heterocycles. The third kappa shape index (κ3) is 6.77. The van der Waals surface area contributed by atoms with Gasteiger partial charge in [-0.05, 0) is 24.5 Å². The number of aliphatic hydroxyl groups is 1. The normalized spacial score (nSPS) is 14.8. The molecule has 3 amide bonds. The molecule has 11 heteroatoms. The predicted molar refractivity (Wildman–Crippen MR) is 121 cm³/mol. The Bertz CT molecular complexity index is 1000. The number of fused-ring (bicyclic) bond motifs is 1. The first-order valence-electron chi connectivity index (χ1n) is 10.6. The van der Waals surface area contributed by atoms with E-state index in [1.165, 1.54) is 6.92 Å². The second-order valence-electron chi connectivity index (χ2n) is 8.23. The van der Waals surface area contributed by atoms with Gasteiger partial charge in [-0.25, -0.2) is 4.79 Å². The molecule has 0 saturated heterocycles. The molecule has 4 unspecified atom stereocenters. The maximum absolute atomic E-state index is 12.9. The van der Waals surface area contributed by atoms with Gasteiger partial charge >= 0.3 is 5.97 Å². The highest BCUT2D eigenvalue weighted by Crippen LogP contribution is 2.19. The lowest BCUT2D eigenvalue weighted by Gasteiger charge is -2.26. The molecule has 180 valence electrons. The van der Waals surface area contributed by atoms with Crippen molar-refractivity contribution in [2.24, 2.45) is 11.7 Å². The highest BCUT2D eigenvalue weighted by molar-refractivity contribution is 5.94. The Balaban J connectivity index is 2.12. The lowest BCUT2D eigenvalue weighted by molar-refractivity contribution is -0.142. The minimum Gasteiger partial charge on any atom is -0.480 e. The van der Waals surface area contributed by atoms with Crippen LogP contribution in [0.3, 0.4) is 0 Å². The summed E-state index contributed by atoms with van der Waals surface area (Å²) in [6.45, 7) is 4.07. The quantitative estimate of drug-likeness (QED) is 0.229. The van der Waals surface area contributed by atoms with Crippen molar-refractivity contribution in [1.82, 2.24) is 20.9 Å². The second kappa shape index (κ2) is 11.4. The third-order valence-corrected chi connectivity index (χ3v) is 5.19. The summed E-state index contributed by atoms with van der Waals surface area (Å²) in [5.41, 5.74) is 7.03. The van der Waals surface area contributed by atoms with Crippen LogP contribution in [0.2, 0.25) is 0 Å². The second-order valence-corrected chi connectivity index (χ2v) is 8.23. The summed E-state index contributed by atoms with van der Waals surface area (Å²) in [6.07, 6.45) is 1.73. The first-order chi connectivity index (χ1) is 15.5. The van der Waals surface area contributed by atoms with E-state index in [-0.39, 0.29) is 6.42 Å². The van der Waals surface area contributed by atoms with E-state index in [1.807, 2.05) is 24.3 Å². The predicted octanol–water partition coefficient (Wildman–Crippen LogP) is -0.755. The topological polar surface area (TPSA) is 187 Å². The van der Waals surface area contributed by atoms with Gasteiger partial charge in [0.1, 0.15) is 18.1 Å². The number of carboxylic acids is 1. The summed E-state index contributed by atoms with van der Waals surface area (Å²) in [6, 6.07) is 2.87. The monoisotopic (exact) mass is 461 g/mol. The van der Waals surface area contributed by atoms with Crippen molar-refractivity contribution < 1.29 is 29.4 Å². The number of amides is 3. The minimum atomic E-state index is -1.31. The van der Waals surface area contributed by atoms with Crippen LogP contribution >= 0.6 is 0 Å². The van der Waals surface area contributed by atoms with Crippen LogP contribution in [-0.2, 0) is 25.6 Å². The number of H-pyrrole nitrogens is 1. The van der Waals surface area contributed by atoms with Crippen LogP contribution in [0.5, 0.6) is 0 Å². The van der Waals surface area contributed by atoms with Crippen LogP contribution in [0.4, 0.5) is 0 Å². The Hall–Kier alpha value is -3.44. The molecule has 0 aliphatic carbocycles. The average Bonchev–Trinajstić information content (AvgIpc) is 3.17. The highest BCUT2D eigenvalue weighted by atomic mass is 16.4. The molecule has 8 N–H and O–H groups in total. The van der Waals surface area contributed by atoms with E-state index in [2.05, 4.69) is 20.9 Å². The summed E-state index contributed by atoms with van der Waals surface area (Å²) in [7, 11) is 0. The zero-order valence-electron chi connectivity index (χ0n) is 18.8. The van der Waals surface area contributed by atoms with Gasteiger partial charge in [-0.15, -0.1) is 0 Å². The summed E-state index contributed by atoms with van der Waals surface area (Å²) in [4.78, 5) is 52.1. The van der Waals surface area contributed by atoms with E-state index in [0.717, 1.165) is 16.5 Å². The highest BCUT2D eigenvalue weighted by Gasteiger charge is 2.31. The minimum absolute atomic E-state index is 0.0353. The molecular weight excluding hydrogens is 430 g/mol. The number of carbonyl (C=O) groups is 4. The van der Waals surface area contributed by atoms with Crippen LogP contribution in [0.15, 0.2) is 30.5 Å². The molecule has 0 saturated carbocycles. The third-order valence-electron chi connectivity index (χ3n) is 5.19. The Labute approximate surface area is 191 Å². The number of carboxylic acid groups (broad SMARTS) is 1. The largest absolute Gasteiger partial charge is 0.480 e. The lowest BCUT2D eigenvalue weighted by Crippen LogP contribution is -2.59. The van der Waals surface area contributed by atoms with Gasteiger partial charge in [0.2, 0.25) is 17.7 Å². The lowest BCUT2D eigenvalue weighted by atomic mass is 10.0. The number of benzene rings is 1. The zero-order valence-corrected chi connectivity index (χ0v) is 18.8. The SMILES string of the molecule is CC(N)C(=O)NC(CO)C(=O)NC(C(=O)NC(Cc1c[nH]c2ccccc12)C(=O)O)C(C)C. The standard InChI is InChI=1S/C22H31N5O6/c1-11(2)18(27-20(30)17(10-28)26-19(29)12(3)23)21(31)25-16(22(32)33)8-13-9-24-15-7-5-4-6-14(13)15/h4-7,9,11-12,16-18,24,28H,8,10,23H2,1-3H3,(H,25,31)(H,26,29)(H,27,30)(H,32,33). The maximum atomic E-state index is 12.9. The van der Waals surface area contributed by atoms with Gasteiger partial charge < -0.3 is 36.9 Å². The van der Waals surface area contributed by atoms with Gasteiger partial charge in [-0.3, -0.25) is 14.4 Å². The smallest absolute Gasteiger partial charge is 0.326 e. The molecule has 33 heavy (non-hydrogen) atoms. The fraction of sp³-hybridized carbons (Fsp3) is 0.455. The van der Waals surface area contributed by atoms with Gasteiger partial charge in [-0.1, -0.05) is 32.0 Å². The number of hydrogen-bond donors (Lipinski definition) is 7. The Morgan fingerprint density at radius 1 is 0.970 bits per heavy atom. The van der Waals surface area contributed by atoms with Crippen LogP contribution in [0, 0.1) is 5.92 Å². The molecule has 4 atom stereocenters. The van der Waals surface area contributed by atoms with Gasteiger partial charge in [0.25, 0.3) is 0 Å². The summed E-state index contributed by atoms with van der Waals surface area (Å²) >= 11 is 0. The fourth-order valence-electron chi connectivity index (χ4n) is 3.27. The molecule has 0 aliphatic rings. The van der Waals surface area contributed by atoms with Crippen molar-refractivity contribution in [2.75, 3.05) is 6.61 Å². The molecule has 0 bridgehead atoms. The van der Waals surface area contributed by atoms with Crippen molar-refractivity contribution in [2.45, 2.75) is 51.4 Å². The van der Waals surface area contributed by atoms with Gasteiger partial charge in [0.05, 0.1) is 12.6 Å². The molecule has 11 nitrogen and oxygen atoms in total. The van der Waals surface area contributed by atoms with Crippen LogP contribution in [0.25, 0.3) is 10.9 Å². The van der Waals surface area contributed by atoms with E-state index < -0.39 is 60.4 Å². The molecule has 2 aromatic rings. The van der Waals surface area contributed by atoms with Crippen LogP contribution in [0.1, 0.15) is 26.3 Å². The van der Waals surface area contributed by atoms with Crippen molar-refractivity contribution in [1.29, 1.82) is 0 Å². The number of carbonyl (C=O) groups excluding carboxylic acids is 3. The number of aromatic nitrogens is 1. The fourth-order valence-corrected chi connectivity index (χ4v) is 3.27. The average molecular weight is 462 g/mol. The van der Waals surface area contributed by atoms with Crippen molar-refractivity contribution >= 4 is 34.6 Å². The maximum Gasteiger partial charge on any atom is 0.326 e. The van der Waals surface area contributed by atoms with Crippen molar-refractivity contribution in [3.63, 3.8) is 0 Å². The molecule has 1 aromatic carbocycles. The number of rotatable bonds is 11. The molecule has 0 aliphatic heterocycles. The van der Waals surface area contributed by atoms with Gasteiger partial charge in [0.15, 0.2) is 0 Å². The molecule has 0 fully saturated rings. The molecule has 0 spiro atoms. The number of para-hydroxylation sites is 1. The number of nitrogens with one attached hydrogen (secondary N) is 4. The first-order valence-corrected chi connectivity index (χ1v) is 10.6. The summed E-state index contributed by atoms with van der Waals surface area (Å²) in [5.74, 6) is -3.75. The number of aliphatic hydroxyl groups excluding tert-OH is 1. The van der Waals surface area contributed by atoms with E-state index in [1.54, 1.807) is 20.0 Å². The van der Waals surface area contributed by atoms with E-state index in [4.69, 9.17) is 5.73 Å². The number of hydrogen-bond acceptors (Lipinski definition) is 6. The number of aromatic amines is 1. The number of nitrogens with two attached hydrogens (primary N) is 1. The molecule has 0 radical (unpaired) electrons. The van der Waals surface area contributed by atoms with Crippen molar-refractivity contribution in [3.05, 3.63) is 36.0 Å². The number of aliphatic carboxylic acids is 1. The van der Waals surface area contributed by atoms with E-state index in [9.17, 15) is 29.4 Å².